The number of hydrogen-bond donors (Lipinski definition) is 2. The second-order valence-corrected chi connectivity index (χ2v) is 6.86. The summed E-state index contributed by atoms with van der Waals surface area (Å²) in [6.45, 7) is 0.441. The molecule has 1 amide bonds. The number of benzene rings is 2. The SMILES string of the molecule is COc1cc2cc(C(=O)NCCc3c[nH]c4ccc(F)cc34)n(C)c2cc1OC. The highest BCUT2D eigenvalue weighted by molar-refractivity contribution is 5.99. The molecule has 4 rings (SSSR count). The number of halogens is 1. The number of aromatic nitrogens is 2. The number of carbonyl (C=O) groups excluding carboxylic acids is 1. The fourth-order valence-corrected chi connectivity index (χ4v) is 3.64. The molecule has 29 heavy (non-hydrogen) atoms. The van der Waals surface area contributed by atoms with Crippen LogP contribution in [0.4, 0.5) is 4.39 Å². The van der Waals surface area contributed by atoms with Gasteiger partial charge in [-0.1, -0.05) is 0 Å². The molecule has 0 fully saturated rings. The average molecular weight is 395 g/mol. The molecule has 0 bridgehead atoms. The van der Waals surface area contributed by atoms with Crippen molar-refractivity contribution in [2.24, 2.45) is 7.05 Å². The first-order valence-corrected chi connectivity index (χ1v) is 9.27. The van der Waals surface area contributed by atoms with Crippen LogP contribution >= 0.6 is 0 Å². The normalized spacial score (nSPS) is 11.2. The molecule has 2 heterocycles. The third kappa shape index (κ3) is 3.40. The van der Waals surface area contributed by atoms with Gasteiger partial charge in [0.2, 0.25) is 0 Å². The van der Waals surface area contributed by atoms with Crippen LogP contribution in [0.3, 0.4) is 0 Å². The van der Waals surface area contributed by atoms with Crippen molar-refractivity contribution in [3.63, 3.8) is 0 Å². The van der Waals surface area contributed by atoms with Gasteiger partial charge in [-0.15, -0.1) is 0 Å². The van der Waals surface area contributed by atoms with E-state index in [1.807, 2.05) is 36.0 Å². The number of H-pyrrole nitrogens is 1. The number of amides is 1. The molecule has 2 aromatic heterocycles. The van der Waals surface area contributed by atoms with Gasteiger partial charge in [-0.3, -0.25) is 4.79 Å². The minimum atomic E-state index is -0.274. The lowest BCUT2D eigenvalue weighted by atomic mass is 10.1. The van der Waals surface area contributed by atoms with E-state index in [4.69, 9.17) is 9.47 Å². The second kappa shape index (κ2) is 7.50. The number of aryl methyl sites for hydroxylation is 1. The standard InChI is InChI=1S/C22H22FN3O3/c1-26-18-11-21(29-3)20(28-2)9-14(18)8-19(26)22(27)24-7-6-13-12-25-17-5-4-15(23)10-16(13)17/h4-5,8-12,25H,6-7H2,1-3H3,(H,24,27). The molecule has 2 N–H and O–H groups in total. The van der Waals surface area contributed by atoms with E-state index < -0.39 is 0 Å². The average Bonchev–Trinajstić information content (AvgIpc) is 3.27. The predicted octanol–water partition coefficient (Wildman–Crippen LogP) is 3.79. The molecule has 0 atom stereocenters. The van der Waals surface area contributed by atoms with E-state index in [0.717, 1.165) is 27.4 Å². The van der Waals surface area contributed by atoms with E-state index in [1.54, 1.807) is 20.3 Å². The molecular formula is C22H22FN3O3. The van der Waals surface area contributed by atoms with Gasteiger partial charge in [0.25, 0.3) is 5.91 Å². The zero-order chi connectivity index (χ0) is 20.5. The van der Waals surface area contributed by atoms with E-state index in [2.05, 4.69) is 10.3 Å². The molecule has 0 saturated carbocycles. The highest BCUT2D eigenvalue weighted by Crippen LogP contribution is 2.33. The third-order valence-corrected chi connectivity index (χ3v) is 5.19. The van der Waals surface area contributed by atoms with Crippen molar-refractivity contribution >= 4 is 27.7 Å². The summed E-state index contributed by atoms with van der Waals surface area (Å²) in [5, 5.41) is 4.67. The number of hydrogen-bond acceptors (Lipinski definition) is 3. The largest absolute Gasteiger partial charge is 0.493 e. The smallest absolute Gasteiger partial charge is 0.267 e. The van der Waals surface area contributed by atoms with Crippen molar-refractivity contribution < 1.29 is 18.7 Å². The maximum atomic E-state index is 13.5. The Labute approximate surface area is 167 Å². The predicted molar refractivity (Wildman–Crippen MR) is 110 cm³/mol. The molecule has 4 aromatic rings. The van der Waals surface area contributed by atoms with Gasteiger partial charge in [-0.05, 0) is 42.3 Å². The number of methoxy groups -OCH3 is 2. The van der Waals surface area contributed by atoms with Crippen LogP contribution in [0.15, 0.2) is 42.6 Å². The number of nitrogens with one attached hydrogen (secondary N) is 2. The molecule has 7 heteroatoms. The number of carbonyl (C=O) groups is 1. The summed E-state index contributed by atoms with van der Waals surface area (Å²) in [7, 11) is 5.00. The van der Waals surface area contributed by atoms with E-state index in [9.17, 15) is 9.18 Å². The summed E-state index contributed by atoms with van der Waals surface area (Å²) < 4.78 is 26.0. The molecule has 6 nitrogen and oxygen atoms in total. The quantitative estimate of drug-likeness (QED) is 0.522. The van der Waals surface area contributed by atoms with Crippen LogP contribution in [0.25, 0.3) is 21.8 Å². The Morgan fingerprint density at radius 3 is 2.66 bits per heavy atom. The van der Waals surface area contributed by atoms with Crippen LogP contribution in [-0.2, 0) is 13.5 Å². The maximum absolute atomic E-state index is 13.5. The molecule has 150 valence electrons. The summed E-state index contributed by atoms with van der Waals surface area (Å²) >= 11 is 0. The number of rotatable bonds is 6. The number of fused-ring (bicyclic) bond motifs is 2. The Bertz CT molecular complexity index is 1210. The number of nitrogens with zero attached hydrogens (tertiary/aromatic N) is 1. The first-order valence-electron chi connectivity index (χ1n) is 9.27. The van der Waals surface area contributed by atoms with Crippen LogP contribution < -0.4 is 14.8 Å². The minimum Gasteiger partial charge on any atom is -0.493 e. The van der Waals surface area contributed by atoms with E-state index >= 15 is 0 Å². The Balaban J connectivity index is 1.51. The Morgan fingerprint density at radius 1 is 1.14 bits per heavy atom. The van der Waals surface area contributed by atoms with Gasteiger partial charge in [-0.2, -0.15) is 0 Å². The first-order chi connectivity index (χ1) is 14.0. The lowest BCUT2D eigenvalue weighted by Gasteiger charge is -2.09. The van der Waals surface area contributed by atoms with Crippen LogP contribution in [-0.4, -0.2) is 36.2 Å². The highest BCUT2D eigenvalue weighted by atomic mass is 19.1. The summed E-state index contributed by atoms with van der Waals surface area (Å²) in [5.74, 6) is 0.778. The molecular weight excluding hydrogens is 373 g/mol. The van der Waals surface area contributed by atoms with Crippen molar-refractivity contribution in [1.29, 1.82) is 0 Å². The van der Waals surface area contributed by atoms with Crippen molar-refractivity contribution in [2.75, 3.05) is 20.8 Å². The summed E-state index contributed by atoms with van der Waals surface area (Å²) in [6.07, 6.45) is 2.45. The van der Waals surface area contributed by atoms with Gasteiger partial charge in [0.1, 0.15) is 11.5 Å². The van der Waals surface area contributed by atoms with Crippen molar-refractivity contribution in [3.05, 3.63) is 59.7 Å². The Hall–Kier alpha value is -3.48. The van der Waals surface area contributed by atoms with Gasteiger partial charge in [-0.25, -0.2) is 4.39 Å². The molecule has 0 radical (unpaired) electrons. The van der Waals surface area contributed by atoms with Crippen LogP contribution in [0.5, 0.6) is 11.5 Å². The zero-order valence-electron chi connectivity index (χ0n) is 16.5. The van der Waals surface area contributed by atoms with Gasteiger partial charge < -0.3 is 24.3 Å². The van der Waals surface area contributed by atoms with Crippen molar-refractivity contribution in [1.82, 2.24) is 14.9 Å². The second-order valence-electron chi connectivity index (χ2n) is 6.86. The Morgan fingerprint density at radius 2 is 1.90 bits per heavy atom. The third-order valence-electron chi connectivity index (χ3n) is 5.19. The molecule has 0 aliphatic rings. The minimum absolute atomic E-state index is 0.173. The van der Waals surface area contributed by atoms with E-state index in [0.29, 0.717) is 30.2 Å². The molecule has 0 aliphatic heterocycles. The van der Waals surface area contributed by atoms with E-state index in [-0.39, 0.29) is 11.7 Å². The molecule has 0 spiro atoms. The van der Waals surface area contributed by atoms with Crippen LogP contribution in [0.2, 0.25) is 0 Å². The van der Waals surface area contributed by atoms with Crippen LogP contribution in [0, 0.1) is 5.82 Å². The summed E-state index contributed by atoms with van der Waals surface area (Å²) in [5.41, 5.74) is 3.26. The van der Waals surface area contributed by atoms with E-state index in [1.165, 1.54) is 12.1 Å². The molecule has 0 unspecified atom stereocenters. The number of aromatic amines is 1. The highest BCUT2D eigenvalue weighted by Gasteiger charge is 2.16. The van der Waals surface area contributed by atoms with Crippen molar-refractivity contribution in [3.8, 4) is 11.5 Å². The maximum Gasteiger partial charge on any atom is 0.267 e. The fraction of sp³-hybridized carbons (Fsp3) is 0.227. The summed E-state index contributed by atoms with van der Waals surface area (Å²) in [4.78, 5) is 15.9. The lowest BCUT2D eigenvalue weighted by Crippen LogP contribution is -2.27. The van der Waals surface area contributed by atoms with Gasteiger partial charge >= 0.3 is 0 Å². The van der Waals surface area contributed by atoms with Gasteiger partial charge in [0.15, 0.2) is 11.5 Å². The fourth-order valence-electron chi connectivity index (χ4n) is 3.64. The first kappa shape index (κ1) is 18.9. The van der Waals surface area contributed by atoms with Gasteiger partial charge in [0, 0.05) is 42.1 Å². The lowest BCUT2D eigenvalue weighted by molar-refractivity contribution is 0.0946. The summed E-state index contributed by atoms with van der Waals surface area (Å²) in [6, 6.07) is 10.2. The topological polar surface area (TPSA) is 68.3 Å². The van der Waals surface area contributed by atoms with Crippen LogP contribution in [0.1, 0.15) is 16.1 Å². The Kier molecular flexibility index (Phi) is 4.88. The van der Waals surface area contributed by atoms with Gasteiger partial charge in [0.05, 0.1) is 19.7 Å². The molecule has 2 aromatic carbocycles. The number of ether oxygens (including phenoxy) is 2. The molecule has 0 saturated heterocycles. The molecule has 0 aliphatic carbocycles. The zero-order valence-corrected chi connectivity index (χ0v) is 16.5. The monoisotopic (exact) mass is 395 g/mol. The van der Waals surface area contributed by atoms with Crippen molar-refractivity contribution in [2.45, 2.75) is 6.42 Å².